The molecule has 5 rings (SSSR count). The molecule has 0 bridgehead atoms. The Morgan fingerprint density at radius 3 is 2.50 bits per heavy atom. The summed E-state index contributed by atoms with van der Waals surface area (Å²) in [5.41, 5.74) is 4.12. The van der Waals surface area contributed by atoms with Crippen LogP contribution in [0, 0.1) is 4.77 Å². The lowest BCUT2D eigenvalue weighted by Gasteiger charge is -2.32. The number of hydrogen-bond acceptors (Lipinski definition) is 4. The number of ether oxygens (including phenoxy) is 1. The van der Waals surface area contributed by atoms with Gasteiger partial charge < -0.3 is 9.72 Å². The quantitative estimate of drug-likeness (QED) is 0.458. The number of nitrogens with zero attached hydrogens (tertiary/aromatic N) is 3. The molecule has 1 N–H and O–H groups in total. The van der Waals surface area contributed by atoms with Gasteiger partial charge in [-0.2, -0.15) is 0 Å². The van der Waals surface area contributed by atoms with E-state index in [-0.39, 0.29) is 6.10 Å². The van der Waals surface area contributed by atoms with Gasteiger partial charge in [0.25, 0.3) is 0 Å². The van der Waals surface area contributed by atoms with Crippen LogP contribution in [0.2, 0.25) is 0 Å². The topological polar surface area (TPSA) is 46.1 Å². The lowest BCUT2D eigenvalue weighted by molar-refractivity contribution is 0.0968. The summed E-state index contributed by atoms with van der Waals surface area (Å²) in [4.78, 5) is 10.2. The Morgan fingerprint density at radius 1 is 0.967 bits per heavy atom. The third kappa shape index (κ3) is 4.01. The molecule has 5 nitrogen and oxygen atoms in total. The van der Waals surface area contributed by atoms with E-state index in [2.05, 4.69) is 45.2 Å². The average molecular weight is 417 g/mol. The minimum atomic E-state index is 0.264. The van der Waals surface area contributed by atoms with Crippen LogP contribution < -0.4 is 4.74 Å². The molecule has 0 unspecified atom stereocenters. The zero-order chi connectivity index (χ0) is 20.3. The number of imidazole rings is 1. The summed E-state index contributed by atoms with van der Waals surface area (Å²) in [6, 6.07) is 22.7. The average Bonchev–Trinajstić information content (AvgIpc) is 3.12. The predicted molar refractivity (Wildman–Crippen MR) is 122 cm³/mol. The number of H-pyrrole nitrogens is 1. The zero-order valence-electron chi connectivity index (χ0n) is 16.7. The van der Waals surface area contributed by atoms with Crippen LogP contribution in [-0.4, -0.2) is 38.6 Å². The number of pyridine rings is 1. The van der Waals surface area contributed by atoms with Gasteiger partial charge in [-0.1, -0.05) is 30.3 Å². The van der Waals surface area contributed by atoms with Gasteiger partial charge in [-0.3, -0.25) is 9.47 Å². The first-order valence-electron chi connectivity index (χ1n) is 10.4. The molecule has 0 saturated carbocycles. The molecule has 0 aliphatic carbocycles. The first-order valence-corrected chi connectivity index (χ1v) is 10.8. The van der Waals surface area contributed by atoms with Crippen molar-refractivity contribution in [2.45, 2.75) is 25.5 Å². The Bertz CT molecular complexity index is 1180. The highest BCUT2D eigenvalue weighted by Gasteiger charge is 2.20. The monoisotopic (exact) mass is 416 g/mol. The van der Waals surface area contributed by atoms with Crippen molar-refractivity contribution in [3.05, 3.63) is 83.3 Å². The molecule has 0 spiro atoms. The molecule has 1 saturated heterocycles. The fourth-order valence-corrected chi connectivity index (χ4v) is 4.37. The Kier molecular flexibility index (Phi) is 5.34. The second-order valence-electron chi connectivity index (χ2n) is 7.71. The van der Waals surface area contributed by atoms with Crippen LogP contribution in [-0.2, 0) is 6.54 Å². The van der Waals surface area contributed by atoms with E-state index in [9.17, 15) is 0 Å². The molecule has 1 fully saturated rings. The van der Waals surface area contributed by atoms with Gasteiger partial charge >= 0.3 is 0 Å². The fourth-order valence-electron chi connectivity index (χ4n) is 4.07. The highest BCUT2D eigenvalue weighted by molar-refractivity contribution is 7.71. The minimum Gasteiger partial charge on any atom is -0.490 e. The number of fused-ring (bicyclic) bond motifs is 1. The number of aromatic amines is 1. The summed E-state index contributed by atoms with van der Waals surface area (Å²) in [5.74, 6) is 0.902. The summed E-state index contributed by atoms with van der Waals surface area (Å²) in [6.07, 6.45) is 4.14. The van der Waals surface area contributed by atoms with Crippen LogP contribution in [0.3, 0.4) is 0 Å². The lowest BCUT2D eigenvalue weighted by Crippen LogP contribution is -2.37. The number of benzene rings is 2. The van der Waals surface area contributed by atoms with Crippen LogP contribution in [0.25, 0.3) is 16.9 Å². The second kappa shape index (κ2) is 8.42. The Hall–Kier alpha value is -2.96. The van der Waals surface area contributed by atoms with Crippen LogP contribution in [0.5, 0.6) is 5.75 Å². The third-order valence-electron chi connectivity index (χ3n) is 5.62. The third-order valence-corrected chi connectivity index (χ3v) is 5.91. The first kappa shape index (κ1) is 19.0. The molecule has 0 radical (unpaired) electrons. The van der Waals surface area contributed by atoms with Gasteiger partial charge in [0.1, 0.15) is 11.9 Å². The van der Waals surface area contributed by atoms with Crippen LogP contribution >= 0.6 is 12.2 Å². The van der Waals surface area contributed by atoms with Crippen molar-refractivity contribution in [2.24, 2.45) is 0 Å². The van der Waals surface area contributed by atoms with Crippen LogP contribution in [0.1, 0.15) is 18.4 Å². The number of piperidine rings is 1. The van der Waals surface area contributed by atoms with E-state index in [0.717, 1.165) is 55.1 Å². The molecule has 2 aromatic heterocycles. The molecule has 1 aliphatic heterocycles. The summed E-state index contributed by atoms with van der Waals surface area (Å²) in [6.45, 7) is 3.14. The van der Waals surface area contributed by atoms with E-state index in [1.54, 1.807) is 6.20 Å². The molecule has 152 valence electrons. The molecule has 30 heavy (non-hydrogen) atoms. The maximum atomic E-state index is 6.26. The number of hydrogen-bond donors (Lipinski definition) is 1. The van der Waals surface area contributed by atoms with Crippen LogP contribution in [0.4, 0.5) is 0 Å². The lowest BCUT2D eigenvalue weighted by atomic mass is 10.1. The Morgan fingerprint density at radius 2 is 1.73 bits per heavy atom. The largest absolute Gasteiger partial charge is 0.490 e. The van der Waals surface area contributed by atoms with Crippen molar-refractivity contribution in [3.63, 3.8) is 0 Å². The van der Waals surface area contributed by atoms with Crippen molar-refractivity contribution >= 4 is 23.4 Å². The van der Waals surface area contributed by atoms with E-state index in [1.807, 2.05) is 41.0 Å². The van der Waals surface area contributed by atoms with E-state index >= 15 is 0 Å². The molecule has 0 amide bonds. The van der Waals surface area contributed by atoms with Gasteiger partial charge in [0.15, 0.2) is 10.4 Å². The maximum absolute atomic E-state index is 6.26. The van der Waals surface area contributed by atoms with Gasteiger partial charge in [0, 0.05) is 25.8 Å². The van der Waals surface area contributed by atoms with Crippen molar-refractivity contribution in [3.8, 4) is 11.4 Å². The fraction of sp³-hybridized carbons (Fsp3) is 0.250. The number of nitrogens with one attached hydrogen (secondary N) is 1. The van der Waals surface area contributed by atoms with E-state index < -0.39 is 0 Å². The van der Waals surface area contributed by atoms with E-state index in [4.69, 9.17) is 17.0 Å². The highest BCUT2D eigenvalue weighted by atomic mass is 32.1. The molecule has 2 aromatic carbocycles. The smallest absolute Gasteiger partial charge is 0.183 e. The molecule has 0 atom stereocenters. The normalized spacial score (nSPS) is 15.5. The summed E-state index contributed by atoms with van der Waals surface area (Å²) < 4.78 is 8.86. The standard InChI is InChI=1S/C24H24N4OS/c30-24-26-22-7-4-14-25-23(22)28(24)19-8-10-20(11-9-19)29-21-12-15-27(16-13-21)17-18-5-2-1-3-6-18/h1-11,14,21H,12-13,15-17H2,(H,26,30). The van der Waals surface area contributed by atoms with Gasteiger partial charge in [-0.05, 0) is 67.0 Å². The SMILES string of the molecule is S=c1[nH]c2cccnc2n1-c1ccc(OC2CCN(Cc3ccccc3)CC2)cc1. The predicted octanol–water partition coefficient (Wildman–Crippen LogP) is 5.13. The maximum Gasteiger partial charge on any atom is 0.183 e. The number of rotatable bonds is 5. The molecular formula is C24H24N4OS. The highest BCUT2D eigenvalue weighted by Crippen LogP contribution is 2.23. The van der Waals surface area contributed by atoms with Crippen molar-refractivity contribution in [1.82, 2.24) is 19.4 Å². The Labute approximate surface area is 181 Å². The molecular weight excluding hydrogens is 392 g/mol. The summed E-state index contributed by atoms with van der Waals surface area (Å²) in [7, 11) is 0. The summed E-state index contributed by atoms with van der Waals surface area (Å²) in [5, 5.41) is 0. The van der Waals surface area contributed by atoms with Gasteiger partial charge in [-0.25, -0.2) is 4.98 Å². The number of likely N-dealkylation sites (tertiary alicyclic amines) is 1. The molecule has 1 aliphatic rings. The Balaban J connectivity index is 1.22. The van der Waals surface area contributed by atoms with Crippen molar-refractivity contribution < 1.29 is 4.74 Å². The van der Waals surface area contributed by atoms with E-state index in [1.165, 1.54) is 5.56 Å². The van der Waals surface area contributed by atoms with Gasteiger partial charge in [0.05, 0.1) is 11.2 Å². The van der Waals surface area contributed by atoms with Crippen molar-refractivity contribution in [2.75, 3.05) is 13.1 Å². The van der Waals surface area contributed by atoms with Crippen LogP contribution in [0.15, 0.2) is 72.9 Å². The summed E-state index contributed by atoms with van der Waals surface area (Å²) >= 11 is 5.49. The molecule has 3 heterocycles. The second-order valence-corrected chi connectivity index (χ2v) is 8.10. The molecule has 6 heteroatoms. The van der Waals surface area contributed by atoms with Crippen molar-refractivity contribution in [1.29, 1.82) is 0 Å². The zero-order valence-corrected chi connectivity index (χ0v) is 17.5. The van der Waals surface area contributed by atoms with Gasteiger partial charge in [0.2, 0.25) is 0 Å². The van der Waals surface area contributed by atoms with Gasteiger partial charge in [-0.15, -0.1) is 0 Å². The minimum absolute atomic E-state index is 0.264. The number of aromatic nitrogens is 3. The molecule has 4 aromatic rings. The van der Waals surface area contributed by atoms with E-state index in [0.29, 0.717) is 4.77 Å². The first-order chi connectivity index (χ1) is 14.8.